The van der Waals surface area contributed by atoms with E-state index in [1.54, 1.807) is 0 Å². The van der Waals surface area contributed by atoms with Gasteiger partial charge in [-0.15, -0.1) is 5.10 Å². The van der Waals surface area contributed by atoms with E-state index in [1.807, 2.05) is 29.2 Å². The first-order chi connectivity index (χ1) is 11.1. The van der Waals surface area contributed by atoms with Crippen molar-refractivity contribution in [3.8, 4) is 5.69 Å². The van der Waals surface area contributed by atoms with Gasteiger partial charge in [-0.25, -0.2) is 0 Å². The van der Waals surface area contributed by atoms with Crippen LogP contribution in [0.15, 0.2) is 30.6 Å². The van der Waals surface area contributed by atoms with Crippen LogP contribution in [0.3, 0.4) is 0 Å². The third-order valence-electron chi connectivity index (χ3n) is 4.01. The lowest BCUT2D eigenvalue weighted by atomic mass is 10.1. The van der Waals surface area contributed by atoms with E-state index in [2.05, 4.69) is 34.3 Å². The lowest BCUT2D eigenvalue weighted by Gasteiger charge is -2.35. The van der Waals surface area contributed by atoms with Crippen molar-refractivity contribution in [1.29, 1.82) is 0 Å². The number of carbonyl (C=O) groups excluding carboxylic acids is 1. The van der Waals surface area contributed by atoms with E-state index in [4.69, 9.17) is 0 Å². The van der Waals surface area contributed by atoms with E-state index < -0.39 is 0 Å². The lowest BCUT2D eigenvalue weighted by Crippen LogP contribution is -2.49. The largest absolute Gasteiger partial charge is 0.336 e. The number of para-hydroxylation sites is 1. The number of tetrazole rings is 1. The van der Waals surface area contributed by atoms with Gasteiger partial charge in [0.05, 0.1) is 11.3 Å². The Kier molecular flexibility index (Phi) is 4.66. The summed E-state index contributed by atoms with van der Waals surface area (Å²) in [6.07, 6.45) is 1.51. The summed E-state index contributed by atoms with van der Waals surface area (Å²) in [4.78, 5) is 17.2. The lowest BCUT2D eigenvalue weighted by molar-refractivity contribution is 0.0623. The third-order valence-corrected chi connectivity index (χ3v) is 4.01. The zero-order chi connectivity index (χ0) is 16.2. The van der Waals surface area contributed by atoms with E-state index in [0.29, 0.717) is 17.2 Å². The van der Waals surface area contributed by atoms with E-state index in [9.17, 15) is 4.79 Å². The minimum absolute atomic E-state index is 0.0419. The molecule has 0 unspecified atom stereocenters. The molecule has 0 saturated carbocycles. The Bertz CT molecular complexity index is 646. The highest BCUT2D eigenvalue weighted by Crippen LogP contribution is 2.16. The van der Waals surface area contributed by atoms with Crippen LogP contribution < -0.4 is 0 Å². The van der Waals surface area contributed by atoms with E-state index in [-0.39, 0.29) is 5.91 Å². The molecule has 0 bridgehead atoms. The average molecular weight is 314 g/mol. The number of aromatic nitrogens is 4. The molecule has 7 heteroatoms. The van der Waals surface area contributed by atoms with Gasteiger partial charge in [-0.3, -0.25) is 9.69 Å². The van der Waals surface area contributed by atoms with Crippen LogP contribution in [0.2, 0.25) is 0 Å². The van der Waals surface area contributed by atoms with Gasteiger partial charge < -0.3 is 4.90 Å². The summed E-state index contributed by atoms with van der Waals surface area (Å²) in [5, 5.41) is 11.2. The van der Waals surface area contributed by atoms with Gasteiger partial charge in [0.1, 0.15) is 6.33 Å². The topological polar surface area (TPSA) is 67.2 Å². The molecule has 122 valence electrons. The SMILES string of the molecule is CC(C)CN1CCN(C(=O)c2ccccc2-n2cnnn2)CC1. The summed E-state index contributed by atoms with van der Waals surface area (Å²) in [6.45, 7) is 8.90. The molecule has 0 spiro atoms. The molecule has 23 heavy (non-hydrogen) atoms. The molecule has 2 aromatic rings. The van der Waals surface area contributed by atoms with Gasteiger partial charge in [0.2, 0.25) is 0 Å². The number of amides is 1. The Hall–Kier alpha value is -2.28. The Morgan fingerprint density at radius 1 is 1.17 bits per heavy atom. The maximum Gasteiger partial charge on any atom is 0.256 e. The molecule has 1 fully saturated rings. The second-order valence-corrected chi connectivity index (χ2v) is 6.26. The third kappa shape index (κ3) is 3.56. The monoisotopic (exact) mass is 314 g/mol. The molecule has 1 aromatic heterocycles. The fourth-order valence-electron chi connectivity index (χ4n) is 2.95. The van der Waals surface area contributed by atoms with Crippen LogP contribution in [0.25, 0.3) is 5.69 Å². The maximum absolute atomic E-state index is 12.9. The number of nitrogens with zero attached hydrogens (tertiary/aromatic N) is 6. The standard InChI is InChI=1S/C16H22N6O/c1-13(2)11-20-7-9-21(10-8-20)16(23)14-5-3-4-6-15(14)22-12-17-18-19-22/h3-6,12-13H,7-11H2,1-2H3. The number of piperazine rings is 1. The molecule has 1 aliphatic heterocycles. The minimum atomic E-state index is 0.0419. The smallest absolute Gasteiger partial charge is 0.256 e. The summed E-state index contributed by atoms with van der Waals surface area (Å²) in [5.41, 5.74) is 1.35. The number of hydrogen-bond acceptors (Lipinski definition) is 5. The van der Waals surface area contributed by atoms with E-state index >= 15 is 0 Å². The van der Waals surface area contributed by atoms with Crippen molar-refractivity contribution in [2.24, 2.45) is 5.92 Å². The molecule has 0 aliphatic carbocycles. The van der Waals surface area contributed by atoms with Crippen molar-refractivity contribution in [3.63, 3.8) is 0 Å². The summed E-state index contributed by atoms with van der Waals surface area (Å²) < 4.78 is 1.53. The Morgan fingerprint density at radius 3 is 2.57 bits per heavy atom. The average Bonchev–Trinajstić information content (AvgIpc) is 3.09. The normalized spacial score (nSPS) is 16.0. The quantitative estimate of drug-likeness (QED) is 0.845. The number of rotatable bonds is 4. The maximum atomic E-state index is 12.9. The van der Waals surface area contributed by atoms with Crippen molar-refractivity contribution >= 4 is 5.91 Å². The van der Waals surface area contributed by atoms with Crippen LogP contribution in [0.1, 0.15) is 24.2 Å². The van der Waals surface area contributed by atoms with Gasteiger partial charge in [0.25, 0.3) is 5.91 Å². The van der Waals surface area contributed by atoms with Crippen molar-refractivity contribution in [2.75, 3.05) is 32.7 Å². The molecular formula is C16H22N6O. The van der Waals surface area contributed by atoms with Crippen molar-refractivity contribution < 1.29 is 4.79 Å². The first-order valence-corrected chi connectivity index (χ1v) is 7.99. The molecular weight excluding hydrogens is 292 g/mol. The molecule has 2 heterocycles. The first-order valence-electron chi connectivity index (χ1n) is 7.99. The Labute approximate surface area is 135 Å². The van der Waals surface area contributed by atoms with Gasteiger partial charge in [0, 0.05) is 32.7 Å². The van der Waals surface area contributed by atoms with Crippen molar-refractivity contribution in [1.82, 2.24) is 30.0 Å². The van der Waals surface area contributed by atoms with Crippen LogP contribution in [-0.2, 0) is 0 Å². The van der Waals surface area contributed by atoms with Crippen molar-refractivity contribution in [2.45, 2.75) is 13.8 Å². The second kappa shape index (κ2) is 6.87. The highest BCUT2D eigenvalue weighted by molar-refractivity contribution is 5.97. The van der Waals surface area contributed by atoms with Crippen LogP contribution >= 0.6 is 0 Å². The van der Waals surface area contributed by atoms with Crippen LogP contribution in [0.5, 0.6) is 0 Å². The van der Waals surface area contributed by atoms with Gasteiger partial charge >= 0.3 is 0 Å². The predicted octanol–water partition coefficient (Wildman–Crippen LogP) is 1.08. The van der Waals surface area contributed by atoms with Crippen LogP contribution in [-0.4, -0.2) is 68.6 Å². The van der Waals surface area contributed by atoms with Gasteiger partial charge in [-0.2, -0.15) is 4.68 Å². The molecule has 3 rings (SSSR count). The van der Waals surface area contributed by atoms with E-state index in [1.165, 1.54) is 11.0 Å². The summed E-state index contributed by atoms with van der Waals surface area (Å²) >= 11 is 0. The Balaban J connectivity index is 1.73. The number of hydrogen-bond donors (Lipinski definition) is 0. The van der Waals surface area contributed by atoms with Gasteiger partial charge in [-0.1, -0.05) is 26.0 Å². The Morgan fingerprint density at radius 2 is 1.91 bits per heavy atom. The van der Waals surface area contributed by atoms with Crippen molar-refractivity contribution in [3.05, 3.63) is 36.2 Å². The van der Waals surface area contributed by atoms with Crippen LogP contribution in [0.4, 0.5) is 0 Å². The highest BCUT2D eigenvalue weighted by Gasteiger charge is 2.24. The molecule has 0 N–H and O–H groups in total. The fourth-order valence-corrected chi connectivity index (χ4v) is 2.95. The second-order valence-electron chi connectivity index (χ2n) is 6.26. The first kappa shape index (κ1) is 15.6. The molecule has 0 atom stereocenters. The zero-order valence-corrected chi connectivity index (χ0v) is 13.6. The van der Waals surface area contributed by atoms with Crippen LogP contribution in [0, 0.1) is 5.92 Å². The molecule has 1 saturated heterocycles. The number of carbonyl (C=O) groups is 1. The highest BCUT2D eigenvalue weighted by atomic mass is 16.2. The minimum Gasteiger partial charge on any atom is -0.336 e. The molecule has 1 aliphatic rings. The van der Waals surface area contributed by atoms with Gasteiger partial charge in [0.15, 0.2) is 0 Å². The summed E-state index contributed by atoms with van der Waals surface area (Å²) in [5.74, 6) is 0.693. The number of benzene rings is 1. The molecule has 1 aromatic carbocycles. The van der Waals surface area contributed by atoms with E-state index in [0.717, 1.165) is 32.7 Å². The predicted molar refractivity (Wildman–Crippen MR) is 86.3 cm³/mol. The van der Waals surface area contributed by atoms with Gasteiger partial charge in [-0.05, 0) is 28.5 Å². The molecule has 1 amide bonds. The molecule has 7 nitrogen and oxygen atoms in total. The zero-order valence-electron chi connectivity index (χ0n) is 13.6. The summed E-state index contributed by atoms with van der Waals surface area (Å²) in [7, 11) is 0. The molecule has 0 radical (unpaired) electrons. The fraction of sp³-hybridized carbons (Fsp3) is 0.500. The summed E-state index contributed by atoms with van der Waals surface area (Å²) in [6, 6.07) is 7.45.